The number of nitrogens with zero attached hydrogens (tertiary/aromatic N) is 1. The van der Waals surface area contributed by atoms with Crippen molar-refractivity contribution >= 4 is 17.5 Å². The van der Waals surface area contributed by atoms with Crippen LogP contribution in [0.3, 0.4) is 0 Å². The number of pyridine rings is 1. The summed E-state index contributed by atoms with van der Waals surface area (Å²) in [6, 6.07) is 10.5. The molecule has 0 saturated heterocycles. The highest BCUT2D eigenvalue weighted by atomic mass is 16.2. The Balaban J connectivity index is 1.67. The van der Waals surface area contributed by atoms with E-state index in [0.29, 0.717) is 37.9 Å². The van der Waals surface area contributed by atoms with E-state index in [9.17, 15) is 9.59 Å². The lowest BCUT2D eigenvalue weighted by atomic mass is 9.96. The first kappa shape index (κ1) is 22.9. The quantitative estimate of drug-likeness (QED) is 0.466. The van der Waals surface area contributed by atoms with Crippen molar-refractivity contribution in [1.29, 1.82) is 0 Å². The lowest BCUT2D eigenvalue weighted by Crippen LogP contribution is -2.50. The van der Waals surface area contributed by atoms with Crippen molar-refractivity contribution in [1.82, 2.24) is 10.3 Å². The molecule has 0 spiro atoms. The second-order valence-electron chi connectivity index (χ2n) is 8.15. The van der Waals surface area contributed by atoms with Crippen LogP contribution in [0.4, 0.5) is 5.69 Å². The number of amides is 2. The predicted molar refractivity (Wildman–Crippen MR) is 122 cm³/mol. The Kier molecular flexibility index (Phi) is 8.55. The molecule has 2 atom stereocenters. The molecule has 0 bridgehead atoms. The van der Waals surface area contributed by atoms with Gasteiger partial charge in [0.25, 0.3) is 0 Å². The van der Waals surface area contributed by atoms with Gasteiger partial charge < -0.3 is 22.1 Å². The van der Waals surface area contributed by atoms with Gasteiger partial charge >= 0.3 is 0 Å². The molecule has 0 fully saturated rings. The molecule has 0 saturated carbocycles. The summed E-state index contributed by atoms with van der Waals surface area (Å²) in [5, 5.41) is 5.78. The van der Waals surface area contributed by atoms with E-state index in [-0.39, 0.29) is 11.8 Å². The zero-order valence-corrected chi connectivity index (χ0v) is 18.0. The molecule has 1 aliphatic rings. The highest BCUT2D eigenvalue weighted by Crippen LogP contribution is 2.22. The van der Waals surface area contributed by atoms with Crippen LogP contribution < -0.4 is 22.1 Å². The minimum atomic E-state index is -0.687. The summed E-state index contributed by atoms with van der Waals surface area (Å²) >= 11 is 0. The third-order valence-corrected chi connectivity index (χ3v) is 5.69. The monoisotopic (exact) mass is 423 g/mol. The molecule has 0 aliphatic heterocycles. The van der Waals surface area contributed by atoms with Crippen molar-refractivity contribution in [3.8, 4) is 0 Å². The van der Waals surface area contributed by atoms with Gasteiger partial charge in [-0.15, -0.1) is 0 Å². The molecule has 2 amide bonds. The first-order chi connectivity index (χ1) is 15.1. The van der Waals surface area contributed by atoms with Crippen molar-refractivity contribution in [3.63, 3.8) is 0 Å². The summed E-state index contributed by atoms with van der Waals surface area (Å²) in [5.74, 6) is -0.585. The summed E-state index contributed by atoms with van der Waals surface area (Å²) in [6.45, 7) is 0.476. The molecule has 6 N–H and O–H groups in total. The maximum atomic E-state index is 13.1. The SMILES string of the molecule is NCCC[C@H](N)C(=O)N[C@H](CCc1ccccc1)C(=O)Nc1cnc2c(c1)CCCC2. The van der Waals surface area contributed by atoms with Gasteiger partial charge in [-0.25, -0.2) is 0 Å². The molecule has 1 aromatic heterocycles. The fourth-order valence-corrected chi connectivity index (χ4v) is 3.86. The van der Waals surface area contributed by atoms with Crippen LogP contribution >= 0.6 is 0 Å². The number of fused-ring (bicyclic) bond motifs is 1. The third-order valence-electron chi connectivity index (χ3n) is 5.69. The number of anilines is 1. The molecular formula is C24H33N5O2. The Bertz CT molecular complexity index is 872. The molecule has 166 valence electrons. The van der Waals surface area contributed by atoms with Crippen LogP contribution in [0.5, 0.6) is 0 Å². The lowest BCUT2D eigenvalue weighted by molar-refractivity contribution is -0.127. The fraction of sp³-hybridized carbons (Fsp3) is 0.458. The van der Waals surface area contributed by atoms with Gasteiger partial charge in [-0.05, 0) is 75.1 Å². The number of carbonyl (C=O) groups is 2. The van der Waals surface area contributed by atoms with E-state index in [1.165, 1.54) is 5.56 Å². The van der Waals surface area contributed by atoms with Gasteiger partial charge in [0.2, 0.25) is 11.8 Å². The summed E-state index contributed by atoms with van der Waals surface area (Å²) in [4.78, 5) is 30.1. The highest BCUT2D eigenvalue weighted by molar-refractivity contribution is 5.97. The largest absolute Gasteiger partial charge is 0.343 e. The third kappa shape index (κ3) is 6.87. The van der Waals surface area contributed by atoms with Crippen molar-refractivity contribution in [2.75, 3.05) is 11.9 Å². The molecule has 1 heterocycles. The lowest BCUT2D eigenvalue weighted by Gasteiger charge is -2.21. The summed E-state index contributed by atoms with van der Waals surface area (Å²) in [7, 11) is 0. The summed E-state index contributed by atoms with van der Waals surface area (Å²) in [5.41, 5.74) is 15.6. The van der Waals surface area contributed by atoms with Crippen LogP contribution in [0.15, 0.2) is 42.6 Å². The maximum absolute atomic E-state index is 13.1. The topological polar surface area (TPSA) is 123 Å². The van der Waals surface area contributed by atoms with Crippen molar-refractivity contribution in [2.45, 2.75) is 63.5 Å². The maximum Gasteiger partial charge on any atom is 0.247 e. The minimum Gasteiger partial charge on any atom is -0.343 e. The number of hydrogen-bond donors (Lipinski definition) is 4. The highest BCUT2D eigenvalue weighted by Gasteiger charge is 2.24. The number of carbonyl (C=O) groups excluding carboxylic acids is 2. The average molecular weight is 424 g/mol. The zero-order chi connectivity index (χ0) is 22.1. The Morgan fingerprint density at radius 1 is 1.06 bits per heavy atom. The van der Waals surface area contributed by atoms with Gasteiger partial charge in [0.1, 0.15) is 6.04 Å². The van der Waals surface area contributed by atoms with Crippen LogP contribution in [0.25, 0.3) is 0 Å². The van der Waals surface area contributed by atoms with E-state index < -0.39 is 12.1 Å². The Morgan fingerprint density at radius 3 is 2.61 bits per heavy atom. The predicted octanol–water partition coefficient (Wildman–Crippen LogP) is 2.08. The van der Waals surface area contributed by atoms with E-state index in [1.54, 1.807) is 6.20 Å². The van der Waals surface area contributed by atoms with E-state index in [4.69, 9.17) is 11.5 Å². The number of aryl methyl sites for hydroxylation is 3. The standard InChI is InChI=1S/C24H33N5O2/c25-14-6-10-20(26)23(30)29-22(13-12-17-7-2-1-3-8-17)24(31)28-19-15-18-9-4-5-11-21(18)27-16-19/h1-3,7-8,15-16,20,22H,4-6,9-14,25-26H2,(H,28,31)(H,29,30)/t20-,22+/m0/s1. The molecule has 7 nitrogen and oxygen atoms in total. The van der Waals surface area contributed by atoms with Gasteiger partial charge in [0.05, 0.1) is 17.9 Å². The Morgan fingerprint density at radius 2 is 1.84 bits per heavy atom. The van der Waals surface area contributed by atoms with Crippen molar-refractivity contribution in [2.24, 2.45) is 11.5 Å². The Labute approximate surface area is 184 Å². The van der Waals surface area contributed by atoms with Crippen LogP contribution in [0, 0.1) is 0 Å². The van der Waals surface area contributed by atoms with Gasteiger partial charge in [0.15, 0.2) is 0 Å². The number of benzene rings is 1. The van der Waals surface area contributed by atoms with Crippen LogP contribution in [0.2, 0.25) is 0 Å². The molecule has 31 heavy (non-hydrogen) atoms. The van der Waals surface area contributed by atoms with E-state index in [2.05, 4.69) is 15.6 Å². The van der Waals surface area contributed by atoms with E-state index in [0.717, 1.165) is 36.9 Å². The van der Waals surface area contributed by atoms with Gasteiger partial charge in [-0.2, -0.15) is 0 Å². The number of nitrogens with two attached hydrogens (primary N) is 2. The first-order valence-electron chi connectivity index (χ1n) is 11.2. The van der Waals surface area contributed by atoms with Crippen LogP contribution in [-0.2, 0) is 28.9 Å². The molecule has 7 heteroatoms. The molecule has 2 aromatic rings. The normalized spacial score (nSPS) is 14.9. The molecular weight excluding hydrogens is 390 g/mol. The van der Waals surface area contributed by atoms with Crippen LogP contribution in [-0.4, -0.2) is 35.4 Å². The summed E-state index contributed by atoms with van der Waals surface area (Å²) < 4.78 is 0. The fourth-order valence-electron chi connectivity index (χ4n) is 3.86. The number of nitrogens with one attached hydrogen (secondary N) is 2. The van der Waals surface area contributed by atoms with Gasteiger partial charge in [-0.3, -0.25) is 14.6 Å². The minimum absolute atomic E-state index is 0.257. The van der Waals surface area contributed by atoms with E-state index >= 15 is 0 Å². The molecule has 1 aromatic carbocycles. The molecule has 0 radical (unpaired) electrons. The van der Waals surface area contributed by atoms with Gasteiger partial charge in [-0.1, -0.05) is 30.3 Å². The second-order valence-corrected chi connectivity index (χ2v) is 8.15. The number of hydrogen-bond acceptors (Lipinski definition) is 5. The van der Waals surface area contributed by atoms with Crippen molar-refractivity contribution in [3.05, 3.63) is 59.4 Å². The zero-order valence-electron chi connectivity index (χ0n) is 18.0. The molecule has 0 unspecified atom stereocenters. The van der Waals surface area contributed by atoms with Crippen LogP contribution in [0.1, 0.15) is 48.9 Å². The second kappa shape index (κ2) is 11.6. The number of rotatable bonds is 10. The summed E-state index contributed by atoms with van der Waals surface area (Å²) in [6.07, 6.45) is 8.26. The van der Waals surface area contributed by atoms with Gasteiger partial charge in [0, 0.05) is 5.69 Å². The van der Waals surface area contributed by atoms with Crippen molar-refractivity contribution < 1.29 is 9.59 Å². The van der Waals surface area contributed by atoms with E-state index in [1.807, 2.05) is 36.4 Å². The first-order valence-corrected chi connectivity index (χ1v) is 11.2. The smallest absolute Gasteiger partial charge is 0.247 e. The molecule has 3 rings (SSSR count). The number of aromatic nitrogens is 1. The average Bonchev–Trinajstić information content (AvgIpc) is 2.80. The molecule has 1 aliphatic carbocycles. The Hall–Kier alpha value is -2.77.